The molecule has 0 heterocycles. The highest BCUT2D eigenvalue weighted by Crippen LogP contribution is 2.07. The van der Waals surface area contributed by atoms with Crippen molar-refractivity contribution in [3.05, 3.63) is 0 Å². The van der Waals surface area contributed by atoms with Crippen molar-refractivity contribution >= 4 is 17.9 Å². The molecule has 20 heavy (non-hydrogen) atoms. The van der Waals surface area contributed by atoms with Gasteiger partial charge in [0.25, 0.3) is 0 Å². The lowest BCUT2D eigenvalue weighted by Crippen LogP contribution is -2.32. The van der Waals surface area contributed by atoms with Crippen LogP contribution < -0.4 is 0 Å². The van der Waals surface area contributed by atoms with Crippen LogP contribution in [0.3, 0.4) is 0 Å². The van der Waals surface area contributed by atoms with Crippen LogP contribution in [-0.2, 0) is 28.6 Å². The largest absolute Gasteiger partial charge is 0.466 e. The van der Waals surface area contributed by atoms with Crippen LogP contribution >= 0.6 is 0 Å². The summed E-state index contributed by atoms with van der Waals surface area (Å²) in [6, 6.07) is 0. The molecule has 0 bridgehead atoms. The van der Waals surface area contributed by atoms with Crippen LogP contribution in [0.25, 0.3) is 0 Å². The number of hydrogen-bond donors (Lipinski definition) is 0. The Labute approximate surface area is 119 Å². The standard InChI is InChI=1S/C14H24O6/c1-4-7-12(15)20-11(14(17)19-9-6-3)10-13(16)18-8-5-2/h11H,4-10H2,1-3H3/t11-/m0/s1. The van der Waals surface area contributed by atoms with E-state index in [2.05, 4.69) is 0 Å². The van der Waals surface area contributed by atoms with Crippen LogP contribution in [0, 0.1) is 0 Å². The Morgan fingerprint density at radius 2 is 1.45 bits per heavy atom. The predicted molar refractivity (Wildman–Crippen MR) is 71.9 cm³/mol. The second-order valence-electron chi connectivity index (χ2n) is 4.32. The van der Waals surface area contributed by atoms with Crippen LogP contribution in [0.1, 0.15) is 52.9 Å². The zero-order valence-corrected chi connectivity index (χ0v) is 12.5. The molecule has 116 valence electrons. The third-order valence-corrected chi connectivity index (χ3v) is 2.26. The molecule has 0 saturated carbocycles. The highest BCUT2D eigenvalue weighted by atomic mass is 16.6. The highest BCUT2D eigenvalue weighted by molar-refractivity contribution is 5.84. The Morgan fingerprint density at radius 1 is 0.850 bits per heavy atom. The minimum absolute atomic E-state index is 0.196. The van der Waals surface area contributed by atoms with E-state index in [9.17, 15) is 14.4 Å². The molecule has 0 aliphatic rings. The second kappa shape index (κ2) is 11.3. The number of carbonyl (C=O) groups is 3. The smallest absolute Gasteiger partial charge is 0.348 e. The number of hydrogen-bond acceptors (Lipinski definition) is 6. The summed E-state index contributed by atoms with van der Waals surface area (Å²) in [4.78, 5) is 34.7. The van der Waals surface area contributed by atoms with Crippen LogP contribution in [0.5, 0.6) is 0 Å². The maximum atomic E-state index is 11.7. The van der Waals surface area contributed by atoms with Gasteiger partial charge in [-0.25, -0.2) is 4.79 Å². The summed E-state index contributed by atoms with van der Waals surface area (Å²) in [5.41, 5.74) is 0. The van der Waals surface area contributed by atoms with Crippen LogP contribution in [0.4, 0.5) is 0 Å². The lowest BCUT2D eigenvalue weighted by Gasteiger charge is -2.16. The van der Waals surface area contributed by atoms with E-state index >= 15 is 0 Å². The topological polar surface area (TPSA) is 78.9 Å². The van der Waals surface area contributed by atoms with Gasteiger partial charge in [0.1, 0.15) is 0 Å². The van der Waals surface area contributed by atoms with E-state index in [1.807, 2.05) is 20.8 Å². The molecule has 0 aromatic rings. The fourth-order valence-corrected chi connectivity index (χ4v) is 1.32. The molecule has 0 aromatic carbocycles. The third-order valence-electron chi connectivity index (χ3n) is 2.26. The number of rotatable bonds is 10. The summed E-state index contributed by atoms with van der Waals surface area (Å²) in [5, 5.41) is 0. The molecular formula is C14H24O6. The van der Waals surface area contributed by atoms with Gasteiger partial charge < -0.3 is 14.2 Å². The molecular weight excluding hydrogens is 264 g/mol. The monoisotopic (exact) mass is 288 g/mol. The number of carbonyl (C=O) groups excluding carboxylic acids is 3. The zero-order valence-electron chi connectivity index (χ0n) is 12.5. The molecule has 0 unspecified atom stereocenters. The lowest BCUT2D eigenvalue weighted by atomic mass is 10.2. The predicted octanol–water partition coefficient (Wildman–Crippen LogP) is 1.99. The molecule has 0 radical (unpaired) electrons. The molecule has 6 heteroatoms. The number of ether oxygens (including phenoxy) is 3. The van der Waals surface area contributed by atoms with E-state index < -0.39 is 24.0 Å². The van der Waals surface area contributed by atoms with E-state index in [1.54, 1.807) is 0 Å². The summed E-state index contributed by atoms with van der Waals surface area (Å²) >= 11 is 0. The van der Waals surface area contributed by atoms with E-state index in [0.717, 1.165) is 0 Å². The molecule has 6 nitrogen and oxygen atoms in total. The summed E-state index contributed by atoms with van der Waals surface area (Å²) in [5.74, 6) is -1.80. The van der Waals surface area contributed by atoms with Crippen LogP contribution in [0.2, 0.25) is 0 Å². The molecule has 0 N–H and O–H groups in total. The van der Waals surface area contributed by atoms with Crippen molar-refractivity contribution in [2.24, 2.45) is 0 Å². The normalized spacial score (nSPS) is 11.6. The van der Waals surface area contributed by atoms with Crippen molar-refractivity contribution in [1.29, 1.82) is 0 Å². The maximum Gasteiger partial charge on any atom is 0.348 e. The number of esters is 3. The van der Waals surface area contributed by atoms with Crippen molar-refractivity contribution in [3.63, 3.8) is 0 Å². The van der Waals surface area contributed by atoms with E-state index in [4.69, 9.17) is 14.2 Å². The fourth-order valence-electron chi connectivity index (χ4n) is 1.32. The first-order chi connectivity index (χ1) is 9.54. The summed E-state index contributed by atoms with van der Waals surface area (Å²) < 4.78 is 14.8. The summed E-state index contributed by atoms with van der Waals surface area (Å²) in [6.45, 7) is 6.03. The van der Waals surface area contributed by atoms with Gasteiger partial charge in [-0.15, -0.1) is 0 Å². The average Bonchev–Trinajstić information content (AvgIpc) is 2.42. The molecule has 1 atom stereocenters. The third kappa shape index (κ3) is 8.50. The van der Waals surface area contributed by atoms with Crippen molar-refractivity contribution in [2.75, 3.05) is 13.2 Å². The molecule has 0 fully saturated rings. The van der Waals surface area contributed by atoms with Gasteiger partial charge in [0.2, 0.25) is 6.10 Å². The van der Waals surface area contributed by atoms with E-state index in [1.165, 1.54) is 0 Å². The Hall–Kier alpha value is -1.59. The van der Waals surface area contributed by atoms with Crippen molar-refractivity contribution in [1.82, 2.24) is 0 Å². The van der Waals surface area contributed by atoms with Gasteiger partial charge in [-0.1, -0.05) is 20.8 Å². The van der Waals surface area contributed by atoms with Crippen molar-refractivity contribution in [3.8, 4) is 0 Å². The van der Waals surface area contributed by atoms with E-state index in [-0.39, 0.29) is 26.1 Å². The van der Waals surface area contributed by atoms with Gasteiger partial charge in [0.15, 0.2) is 0 Å². The molecule has 0 rings (SSSR count). The van der Waals surface area contributed by atoms with Gasteiger partial charge in [0, 0.05) is 6.42 Å². The second-order valence-corrected chi connectivity index (χ2v) is 4.32. The van der Waals surface area contributed by atoms with Gasteiger partial charge in [-0.2, -0.15) is 0 Å². The van der Waals surface area contributed by atoms with Gasteiger partial charge in [-0.3, -0.25) is 9.59 Å². The van der Waals surface area contributed by atoms with Gasteiger partial charge in [0.05, 0.1) is 19.6 Å². The quantitative estimate of drug-likeness (QED) is 0.452. The van der Waals surface area contributed by atoms with Crippen LogP contribution in [0.15, 0.2) is 0 Å². The first kappa shape index (κ1) is 18.4. The molecule has 0 aliphatic heterocycles. The minimum atomic E-state index is -1.22. The van der Waals surface area contributed by atoms with E-state index in [0.29, 0.717) is 19.3 Å². The average molecular weight is 288 g/mol. The van der Waals surface area contributed by atoms with Crippen molar-refractivity contribution in [2.45, 2.75) is 59.0 Å². The summed E-state index contributed by atoms with van der Waals surface area (Å²) in [6.07, 6.45) is 0.619. The minimum Gasteiger partial charge on any atom is -0.466 e. The fraction of sp³-hybridized carbons (Fsp3) is 0.786. The van der Waals surface area contributed by atoms with Gasteiger partial charge >= 0.3 is 17.9 Å². The molecule has 0 amide bonds. The lowest BCUT2D eigenvalue weighted by molar-refractivity contribution is -0.172. The first-order valence-corrected chi connectivity index (χ1v) is 7.06. The first-order valence-electron chi connectivity index (χ1n) is 7.06. The zero-order chi connectivity index (χ0) is 15.4. The highest BCUT2D eigenvalue weighted by Gasteiger charge is 2.27. The van der Waals surface area contributed by atoms with Gasteiger partial charge in [-0.05, 0) is 19.3 Å². The van der Waals surface area contributed by atoms with Crippen molar-refractivity contribution < 1.29 is 28.6 Å². The molecule has 0 saturated heterocycles. The SMILES string of the molecule is CCCOC(=O)C[C@H](OC(=O)CCC)C(=O)OCCC. The molecule has 0 aromatic heterocycles. The van der Waals surface area contributed by atoms with Crippen LogP contribution in [-0.4, -0.2) is 37.2 Å². The molecule has 0 spiro atoms. The Balaban J connectivity index is 4.48. The summed E-state index contributed by atoms with van der Waals surface area (Å²) in [7, 11) is 0. The molecule has 0 aliphatic carbocycles. The maximum absolute atomic E-state index is 11.7. The Bertz CT molecular complexity index is 313. The Morgan fingerprint density at radius 3 is 2.00 bits per heavy atom. The Kier molecular flexibility index (Phi) is 10.4.